The predicted molar refractivity (Wildman–Crippen MR) is 160 cm³/mol. The number of ketones is 1. The van der Waals surface area contributed by atoms with Crippen molar-refractivity contribution in [2.45, 2.75) is 124 Å². The molecule has 2 heterocycles. The molecule has 224 valence electrons. The van der Waals surface area contributed by atoms with E-state index in [1.807, 2.05) is 19.9 Å². The lowest BCUT2D eigenvalue weighted by molar-refractivity contribution is -0.162. The van der Waals surface area contributed by atoms with Crippen LogP contribution in [0.1, 0.15) is 124 Å². The van der Waals surface area contributed by atoms with Crippen LogP contribution >= 0.6 is 0 Å². The van der Waals surface area contributed by atoms with Crippen molar-refractivity contribution < 1.29 is 22.5 Å². The third-order valence-electron chi connectivity index (χ3n) is 10.2. The summed E-state index contributed by atoms with van der Waals surface area (Å²) in [7, 11) is -4.08. The Bertz CT molecular complexity index is 1280. The largest absolute Gasteiger partial charge is 0.397 e. The molecule has 2 bridgehead atoms. The molecule has 2 saturated carbocycles. The van der Waals surface area contributed by atoms with Crippen LogP contribution in [-0.2, 0) is 19.6 Å². The molecule has 0 aromatic carbocycles. The first kappa shape index (κ1) is 31.2. The molecule has 1 aromatic rings. The van der Waals surface area contributed by atoms with Gasteiger partial charge in [-0.3, -0.25) is 14.3 Å². The standard InChI is InChI=1S/C22H34N2O.C10H16O4S/c1-20(2)11-9-15(10-12-20)19-17(23)7-8-18(24-19)16-13-21(3,4)25-22(5,6)14-16;1-9(2)7-3-4-10(9,8(11)5-7)6-15(12,13)14/h7-9,16H,10-14,23H2,1-6H3;7H,3-6H2,1-2H3,(H,12,13,14)/t;7?,10-/m.1/s1. The highest BCUT2D eigenvalue weighted by Crippen LogP contribution is 2.64. The molecule has 1 saturated heterocycles. The Kier molecular flexibility index (Phi) is 7.95. The summed E-state index contributed by atoms with van der Waals surface area (Å²) in [5.41, 5.74) is 9.63. The van der Waals surface area contributed by atoms with Gasteiger partial charge in [0.2, 0.25) is 0 Å². The van der Waals surface area contributed by atoms with Crippen molar-refractivity contribution in [3.8, 4) is 0 Å². The first-order valence-electron chi connectivity index (χ1n) is 14.8. The van der Waals surface area contributed by atoms with E-state index in [-0.39, 0.29) is 28.3 Å². The smallest absolute Gasteiger partial charge is 0.265 e. The Morgan fingerprint density at radius 2 is 1.65 bits per heavy atom. The van der Waals surface area contributed by atoms with E-state index >= 15 is 0 Å². The number of rotatable bonds is 4. The van der Waals surface area contributed by atoms with Gasteiger partial charge in [-0.2, -0.15) is 8.42 Å². The Morgan fingerprint density at radius 1 is 1.02 bits per heavy atom. The van der Waals surface area contributed by atoms with Gasteiger partial charge in [0.05, 0.1) is 33.8 Å². The van der Waals surface area contributed by atoms with Crippen LogP contribution in [0.15, 0.2) is 18.2 Å². The highest BCUT2D eigenvalue weighted by Gasteiger charge is 2.65. The van der Waals surface area contributed by atoms with E-state index in [0.29, 0.717) is 24.2 Å². The number of carbonyl (C=O) groups excluding carboxylic acids is 1. The molecule has 8 heteroatoms. The number of nitrogens with zero attached hydrogens (tertiary/aromatic N) is 1. The van der Waals surface area contributed by atoms with Crippen molar-refractivity contribution >= 4 is 27.2 Å². The van der Waals surface area contributed by atoms with E-state index in [4.69, 9.17) is 20.0 Å². The molecule has 0 spiro atoms. The van der Waals surface area contributed by atoms with Crippen LogP contribution in [0.25, 0.3) is 5.57 Å². The number of hydrogen-bond acceptors (Lipinski definition) is 6. The fourth-order valence-corrected chi connectivity index (χ4v) is 9.28. The zero-order valence-corrected chi connectivity index (χ0v) is 26.6. The van der Waals surface area contributed by atoms with Crippen molar-refractivity contribution in [2.75, 3.05) is 11.5 Å². The summed E-state index contributed by atoms with van der Waals surface area (Å²) in [4.78, 5) is 16.9. The quantitative estimate of drug-likeness (QED) is 0.372. The highest BCUT2D eigenvalue weighted by molar-refractivity contribution is 7.85. The minimum atomic E-state index is -4.08. The second kappa shape index (κ2) is 10.2. The minimum Gasteiger partial charge on any atom is -0.397 e. The van der Waals surface area contributed by atoms with Crippen molar-refractivity contribution in [3.63, 3.8) is 0 Å². The van der Waals surface area contributed by atoms with Gasteiger partial charge >= 0.3 is 0 Å². The van der Waals surface area contributed by atoms with E-state index in [2.05, 4.69) is 53.7 Å². The molecule has 3 N–H and O–H groups in total. The van der Waals surface area contributed by atoms with Crippen molar-refractivity contribution in [3.05, 3.63) is 29.6 Å². The molecule has 0 amide bonds. The number of ether oxygens (including phenoxy) is 1. The van der Waals surface area contributed by atoms with Gasteiger partial charge in [0.1, 0.15) is 5.78 Å². The molecule has 0 radical (unpaired) electrons. The maximum Gasteiger partial charge on any atom is 0.265 e. The fourth-order valence-electron chi connectivity index (χ4n) is 7.98. The maximum absolute atomic E-state index is 11.9. The summed E-state index contributed by atoms with van der Waals surface area (Å²) < 4.78 is 37.2. The molecular weight excluding hydrogens is 524 g/mol. The monoisotopic (exact) mass is 574 g/mol. The number of hydrogen-bond donors (Lipinski definition) is 2. The molecule has 1 aliphatic heterocycles. The summed E-state index contributed by atoms with van der Waals surface area (Å²) in [5, 5.41) is 0. The average molecular weight is 575 g/mol. The number of nitrogens with two attached hydrogens (primary N) is 1. The zero-order chi connectivity index (χ0) is 29.9. The molecule has 3 fully saturated rings. The number of allylic oxidation sites excluding steroid dienone is 2. The molecule has 7 nitrogen and oxygen atoms in total. The van der Waals surface area contributed by atoms with Gasteiger partial charge in [-0.15, -0.1) is 0 Å². The van der Waals surface area contributed by atoms with Crippen LogP contribution in [0.4, 0.5) is 5.69 Å². The maximum atomic E-state index is 11.9. The normalized spacial score (nSPS) is 30.4. The molecule has 4 aliphatic rings. The van der Waals surface area contributed by atoms with E-state index in [1.54, 1.807) is 0 Å². The van der Waals surface area contributed by atoms with Gasteiger partial charge in [-0.25, -0.2) is 0 Å². The average Bonchev–Trinajstić information content (AvgIpc) is 3.11. The van der Waals surface area contributed by atoms with Gasteiger partial charge in [0, 0.05) is 18.0 Å². The Morgan fingerprint density at radius 3 is 2.12 bits per heavy atom. The van der Waals surface area contributed by atoms with E-state index in [9.17, 15) is 13.2 Å². The summed E-state index contributed by atoms with van der Waals surface area (Å²) in [6, 6.07) is 4.17. The van der Waals surface area contributed by atoms with Gasteiger partial charge in [-0.05, 0) is 107 Å². The topological polar surface area (TPSA) is 120 Å². The number of Topliss-reactive ketones (excluding diaryl/α,β-unsaturated/α-hetero) is 1. The second-order valence-corrected chi connectivity index (χ2v) is 16.8. The predicted octanol–water partition coefficient (Wildman–Crippen LogP) is 6.98. The van der Waals surface area contributed by atoms with Crippen LogP contribution < -0.4 is 5.73 Å². The minimum absolute atomic E-state index is 0.0152. The number of fused-ring (bicyclic) bond motifs is 2. The van der Waals surface area contributed by atoms with Gasteiger partial charge in [0.15, 0.2) is 0 Å². The second-order valence-electron chi connectivity index (χ2n) is 15.4. The number of aromatic nitrogens is 1. The fraction of sp³-hybridized carbons (Fsp3) is 0.750. The van der Waals surface area contributed by atoms with Crippen molar-refractivity contribution in [1.82, 2.24) is 4.98 Å². The van der Waals surface area contributed by atoms with Crippen molar-refractivity contribution in [1.29, 1.82) is 0 Å². The Labute approximate surface area is 241 Å². The Balaban J connectivity index is 0.000000210. The molecule has 1 aromatic heterocycles. The van der Waals surface area contributed by atoms with Gasteiger partial charge < -0.3 is 10.5 Å². The molecule has 40 heavy (non-hydrogen) atoms. The summed E-state index contributed by atoms with van der Waals surface area (Å²) >= 11 is 0. The number of pyridine rings is 1. The SMILES string of the molecule is CC1(C)C2CC[C@@]1(CS(=O)(=O)O)C(=O)C2.CC1(C)CC=C(c2nc(C3CC(C)(C)OC(C)(C)C3)ccc2N)CC1. The van der Waals surface area contributed by atoms with Crippen LogP contribution in [0, 0.1) is 22.2 Å². The van der Waals surface area contributed by atoms with Gasteiger partial charge in [-0.1, -0.05) is 33.8 Å². The van der Waals surface area contributed by atoms with Crippen LogP contribution in [-0.4, -0.2) is 40.7 Å². The lowest BCUT2D eigenvalue weighted by Crippen LogP contribution is -2.44. The molecule has 5 rings (SSSR count). The molecule has 2 atom stereocenters. The molecule has 1 unspecified atom stereocenters. The first-order valence-corrected chi connectivity index (χ1v) is 16.4. The molecule has 3 aliphatic carbocycles. The van der Waals surface area contributed by atoms with E-state index in [1.165, 1.54) is 17.7 Å². The van der Waals surface area contributed by atoms with Crippen LogP contribution in [0.5, 0.6) is 0 Å². The third kappa shape index (κ3) is 6.34. The summed E-state index contributed by atoms with van der Waals surface area (Å²) in [5.74, 6) is 0.314. The Hall–Kier alpha value is -1.77. The van der Waals surface area contributed by atoms with E-state index in [0.717, 1.165) is 43.5 Å². The molecular formula is C32H50N2O5S. The zero-order valence-electron chi connectivity index (χ0n) is 25.8. The van der Waals surface area contributed by atoms with Crippen LogP contribution in [0.2, 0.25) is 0 Å². The van der Waals surface area contributed by atoms with E-state index < -0.39 is 21.3 Å². The van der Waals surface area contributed by atoms with Crippen LogP contribution in [0.3, 0.4) is 0 Å². The third-order valence-corrected chi connectivity index (χ3v) is 11.1. The van der Waals surface area contributed by atoms with Gasteiger partial charge in [0.25, 0.3) is 10.1 Å². The summed E-state index contributed by atoms with van der Waals surface area (Å²) in [6.07, 6.45) is 9.69. The highest BCUT2D eigenvalue weighted by atomic mass is 32.2. The summed E-state index contributed by atoms with van der Waals surface area (Å²) in [6.45, 7) is 17.3. The number of nitrogen functional groups attached to an aromatic ring is 1. The number of anilines is 1. The lowest BCUT2D eigenvalue weighted by atomic mass is 9.70. The lowest BCUT2D eigenvalue weighted by Gasteiger charge is -2.45. The van der Waals surface area contributed by atoms with Crippen molar-refractivity contribution in [2.24, 2.45) is 22.2 Å². The first-order chi connectivity index (χ1) is 18.2. The number of carbonyl (C=O) groups is 1.